The minimum Gasteiger partial charge on any atom is -0.387 e. The van der Waals surface area contributed by atoms with Crippen LogP contribution in [0.5, 0.6) is 0 Å². The second kappa shape index (κ2) is 14.0. The Morgan fingerprint density at radius 3 is 2.16 bits per heavy atom. The smallest absolute Gasteiger partial charge is 0.261 e. The Morgan fingerprint density at radius 1 is 0.844 bits per heavy atom. The molecular formula is C31H32N6O6S2. The Balaban J connectivity index is 1.12. The number of hydrogen-bond donors (Lipinski definition) is 4. The van der Waals surface area contributed by atoms with Gasteiger partial charge >= 0.3 is 0 Å². The summed E-state index contributed by atoms with van der Waals surface area (Å²) < 4.78 is 59.1. The number of rotatable bonds is 14. The molecule has 5 rings (SSSR count). The van der Waals surface area contributed by atoms with Crippen molar-refractivity contribution in [2.75, 3.05) is 28.8 Å². The van der Waals surface area contributed by atoms with Crippen LogP contribution in [-0.2, 0) is 32.9 Å². The van der Waals surface area contributed by atoms with Crippen molar-refractivity contribution in [3.63, 3.8) is 0 Å². The van der Waals surface area contributed by atoms with Gasteiger partial charge in [-0.15, -0.1) is 0 Å². The Bertz CT molecular complexity index is 1920. The van der Waals surface area contributed by atoms with Gasteiger partial charge in [0.25, 0.3) is 10.0 Å². The number of sulfonamides is 2. The minimum atomic E-state index is -3.83. The van der Waals surface area contributed by atoms with E-state index < -0.39 is 26.2 Å². The first-order valence-corrected chi connectivity index (χ1v) is 17.3. The quantitative estimate of drug-likeness (QED) is 0.130. The zero-order valence-corrected chi connectivity index (χ0v) is 25.9. The lowest BCUT2D eigenvalue weighted by Gasteiger charge is -2.12. The third-order valence-corrected chi connectivity index (χ3v) is 8.71. The van der Waals surface area contributed by atoms with Gasteiger partial charge in [0.05, 0.1) is 23.7 Å². The highest BCUT2D eigenvalue weighted by Gasteiger charge is 2.16. The number of benzene rings is 3. The second-order valence-corrected chi connectivity index (χ2v) is 13.8. The molecule has 0 aliphatic rings. The molecule has 0 radical (unpaired) electrons. The van der Waals surface area contributed by atoms with Gasteiger partial charge in [0.2, 0.25) is 21.7 Å². The molecule has 3 aromatic carbocycles. The summed E-state index contributed by atoms with van der Waals surface area (Å²) in [5.41, 5.74) is 4.09. The number of nitrogens with one attached hydrogen (secondary N) is 3. The van der Waals surface area contributed by atoms with Crippen molar-refractivity contribution < 1.29 is 26.5 Å². The van der Waals surface area contributed by atoms with Gasteiger partial charge in [0.1, 0.15) is 0 Å². The Kier molecular flexibility index (Phi) is 9.88. The topological polar surface area (TPSA) is 176 Å². The first-order valence-electron chi connectivity index (χ1n) is 13.9. The maximum Gasteiger partial charge on any atom is 0.261 e. The molecule has 0 saturated carbocycles. The van der Waals surface area contributed by atoms with Gasteiger partial charge in [-0.05, 0) is 78.7 Å². The van der Waals surface area contributed by atoms with E-state index in [0.29, 0.717) is 54.6 Å². The van der Waals surface area contributed by atoms with Crippen molar-refractivity contribution in [2.24, 2.45) is 0 Å². The molecule has 2 heterocycles. The lowest BCUT2D eigenvalue weighted by atomic mass is 10.1. The van der Waals surface area contributed by atoms with Crippen LogP contribution in [0.3, 0.4) is 0 Å². The SMILES string of the molecule is CS(=O)(=O)Nc1ccc(Cc2nc(-c3ccc(S(=O)(=O)Nc4ccc(CCNC[C@H](O)c5cccnc5)cc4)cc3)no2)cc1. The number of nitrogens with zero attached hydrogens (tertiary/aromatic N) is 3. The maximum atomic E-state index is 13.0. The van der Waals surface area contributed by atoms with Gasteiger partial charge in [0.15, 0.2) is 0 Å². The second-order valence-electron chi connectivity index (χ2n) is 10.3. The number of anilines is 2. The predicted molar refractivity (Wildman–Crippen MR) is 170 cm³/mol. The monoisotopic (exact) mass is 648 g/mol. The van der Waals surface area contributed by atoms with Crippen LogP contribution in [0.15, 0.2) is 107 Å². The van der Waals surface area contributed by atoms with Crippen molar-refractivity contribution in [2.45, 2.75) is 23.8 Å². The maximum absolute atomic E-state index is 13.0. The van der Waals surface area contributed by atoms with Crippen LogP contribution in [-0.4, -0.2) is 56.4 Å². The summed E-state index contributed by atoms with van der Waals surface area (Å²) in [6, 6.07) is 23.7. The van der Waals surface area contributed by atoms with Crippen LogP contribution in [0, 0.1) is 0 Å². The molecule has 0 bridgehead atoms. The molecule has 0 aliphatic heterocycles. The molecule has 0 amide bonds. The van der Waals surface area contributed by atoms with E-state index >= 15 is 0 Å². The lowest BCUT2D eigenvalue weighted by molar-refractivity contribution is 0.174. The highest BCUT2D eigenvalue weighted by molar-refractivity contribution is 7.92. The Labute approximate surface area is 261 Å². The van der Waals surface area contributed by atoms with Gasteiger partial charge in [-0.1, -0.05) is 35.5 Å². The summed E-state index contributed by atoms with van der Waals surface area (Å²) in [5.74, 6) is 0.669. The van der Waals surface area contributed by atoms with Crippen LogP contribution in [0.1, 0.15) is 28.7 Å². The van der Waals surface area contributed by atoms with Crippen LogP contribution >= 0.6 is 0 Å². The molecule has 12 nitrogen and oxygen atoms in total. The van der Waals surface area contributed by atoms with Crippen LogP contribution < -0.4 is 14.8 Å². The number of hydrogen-bond acceptors (Lipinski definition) is 10. The zero-order valence-electron chi connectivity index (χ0n) is 24.3. The van der Waals surface area contributed by atoms with E-state index in [0.717, 1.165) is 22.9 Å². The number of aliphatic hydroxyl groups is 1. The van der Waals surface area contributed by atoms with Crippen molar-refractivity contribution in [1.82, 2.24) is 20.4 Å². The minimum absolute atomic E-state index is 0.0817. The van der Waals surface area contributed by atoms with Gasteiger partial charge in [0, 0.05) is 41.4 Å². The summed E-state index contributed by atoms with van der Waals surface area (Å²) >= 11 is 0. The average molecular weight is 649 g/mol. The van der Waals surface area contributed by atoms with Gasteiger partial charge in [-0.2, -0.15) is 4.98 Å². The van der Waals surface area contributed by atoms with E-state index in [9.17, 15) is 21.9 Å². The summed E-state index contributed by atoms with van der Waals surface area (Å²) in [4.78, 5) is 8.50. The van der Waals surface area contributed by atoms with E-state index in [4.69, 9.17) is 4.52 Å². The molecule has 0 aliphatic carbocycles. The molecule has 45 heavy (non-hydrogen) atoms. The van der Waals surface area contributed by atoms with Crippen molar-refractivity contribution in [3.05, 3.63) is 120 Å². The fraction of sp³-hybridized carbons (Fsp3) is 0.194. The lowest BCUT2D eigenvalue weighted by Crippen LogP contribution is -2.23. The van der Waals surface area contributed by atoms with Crippen LogP contribution in [0.25, 0.3) is 11.4 Å². The van der Waals surface area contributed by atoms with E-state index in [-0.39, 0.29) is 4.90 Å². The van der Waals surface area contributed by atoms with E-state index in [2.05, 4.69) is 29.9 Å². The molecule has 0 spiro atoms. The van der Waals surface area contributed by atoms with E-state index in [1.165, 1.54) is 12.1 Å². The molecular weight excluding hydrogens is 617 g/mol. The fourth-order valence-corrected chi connectivity index (χ4v) is 6.05. The fourth-order valence-electron chi connectivity index (χ4n) is 4.42. The molecule has 0 fully saturated rings. The third-order valence-electron chi connectivity index (χ3n) is 6.71. The molecule has 5 aromatic rings. The predicted octanol–water partition coefficient (Wildman–Crippen LogP) is 3.76. The molecule has 1 atom stereocenters. The van der Waals surface area contributed by atoms with Crippen LogP contribution in [0.4, 0.5) is 11.4 Å². The first kappa shape index (κ1) is 31.8. The van der Waals surface area contributed by atoms with Crippen molar-refractivity contribution in [1.29, 1.82) is 0 Å². The molecule has 2 aromatic heterocycles. The summed E-state index contributed by atoms with van der Waals surface area (Å²) in [5, 5.41) is 17.4. The molecule has 14 heteroatoms. The largest absolute Gasteiger partial charge is 0.387 e. The first-order chi connectivity index (χ1) is 21.5. The average Bonchev–Trinajstić information content (AvgIpc) is 3.49. The summed E-state index contributed by atoms with van der Waals surface area (Å²) in [6.45, 7) is 1.05. The summed E-state index contributed by atoms with van der Waals surface area (Å²) in [7, 11) is -7.20. The number of aromatic nitrogens is 3. The normalized spacial score (nSPS) is 12.5. The van der Waals surface area contributed by atoms with Gasteiger partial charge < -0.3 is 14.9 Å². The van der Waals surface area contributed by atoms with Crippen molar-refractivity contribution >= 4 is 31.4 Å². The van der Waals surface area contributed by atoms with Crippen molar-refractivity contribution in [3.8, 4) is 11.4 Å². The molecule has 4 N–H and O–H groups in total. The number of pyridine rings is 1. The Morgan fingerprint density at radius 2 is 1.51 bits per heavy atom. The van der Waals surface area contributed by atoms with Gasteiger partial charge in [-0.3, -0.25) is 14.4 Å². The van der Waals surface area contributed by atoms with E-state index in [1.54, 1.807) is 67.0 Å². The standard InChI is InChI=1S/C31H32N6O6S2/c1-44(39,40)36-26-12-6-23(7-13-26)19-30-34-31(35-43-30)24-8-14-28(15-9-24)45(41,42)37-27-10-4-22(5-11-27)16-18-33-21-29(38)25-3-2-17-32-20-25/h2-15,17,20,29,33,36-38H,16,18-19,21H2,1H3/t29-/m0/s1. The molecule has 234 valence electrons. The van der Waals surface area contributed by atoms with Gasteiger partial charge in [-0.25, -0.2) is 16.8 Å². The van der Waals surface area contributed by atoms with Crippen LogP contribution in [0.2, 0.25) is 0 Å². The molecule has 0 unspecified atom stereocenters. The molecule has 0 saturated heterocycles. The third kappa shape index (κ3) is 9.18. The van der Waals surface area contributed by atoms with E-state index in [1.807, 2.05) is 18.2 Å². The highest BCUT2D eigenvalue weighted by atomic mass is 32.2. The zero-order chi connectivity index (χ0) is 31.9. The Hall–Kier alpha value is -4.63. The number of aliphatic hydroxyl groups excluding tert-OH is 1. The summed E-state index contributed by atoms with van der Waals surface area (Å²) in [6.07, 6.45) is 4.79. The highest BCUT2D eigenvalue weighted by Crippen LogP contribution is 2.22.